The Bertz CT molecular complexity index is 1050. The second-order valence-electron chi connectivity index (χ2n) is 6.67. The first-order valence-corrected chi connectivity index (χ1v) is 10.2. The Morgan fingerprint density at radius 3 is 2.61 bits per heavy atom. The zero-order chi connectivity index (χ0) is 20.1. The Morgan fingerprint density at radius 1 is 1.14 bits per heavy atom. The molecular weight excluding hydrogens is 388 g/mol. The molecule has 0 saturated heterocycles. The number of aliphatic imine (C=N–C) groups is 1. The molecule has 0 bridgehead atoms. The van der Waals surface area contributed by atoms with Gasteiger partial charge in [-0.1, -0.05) is 35.4 Å². The first kappa shape index (κ1) is 20.1. The van der Waals surface area contributed by atoms with Crippen molar-refractivity contribution in [3.05, 3.63) is 92.7 Å². The lowest BCUT2D eigenvalue weighted by molar-refractivity contribution is 0.102. The molecule has 2 aromatic carbocycles. The number of anilines is 1. The quantitative estimate of drug-likeness (QED) is 0.451. The Kier molecular flexibility index (Phi) is 6.45. The number of amides is 1. The number of carbonyl (C=O) groups excluding carboxylic acids is 1. The van der Waals surface area contributed by atoms with E-state index in [1.807, 2.05) is 67.9 Å². The number of allylic oxidation sites excluding steroid dienone is 2. The van der Waals surface area contributed by atoms with Gasteiger partial charge in [-0.25, -0.2) is 4.99 Å². The highest BCUT2D eigenvalue weighted by Gasteiger charge is 2.12. The summed E-state index contributed by atoms with van der Waals surface area (Å²) in [6.45, 7) is 6.06. The summed E-state index contributed by atoms with van der Waals surface area (Å²) in [4.78, 5) is 17.2. The van der Waals surface area contributed by atoms with Gasteiger partial charge < -0.3 is 5.32 Å². The number of carbonyl (C=O) groups is 1. The topological polar surface area (TPSA) is 41.5 Å². The number of hydrogen-bond acceptors (Lipinski definition) is 3. The van der Waals surface area contributed by atoms with E-state index in [0.29, 0.717) is 16.3 Å². The molecule has 5 heteroatoms. The Hall–Kier alpha value is -2.69. The summed E-state index contributed by atoms with van der Waals surface area (Å²) in [5.41, 5.74) is 5.92. The van der Waals surface area contributed by atoms with Gasteiger partial charge in [0, 0.05) is 16.6 Å². The SMILES string of the molecule is CC(C)=CC(=Nc1ccccc1C)c1cc(NC(=O)c2ccsc2)ccc1Cl. The van der Waals surface area contributed by atoms with Gasteiger partial charge in [0.1, 0.15) is 0 Å². The van der Waals surface area contributed by atoms with Gasteiger partial charge in [-0.15, -0.1) is 0 Å². The Morgan fingerprint density at radius 2 is 1.93 bits per heavy atom. The van der Waals surface area contributed by atoms with Crippen molar-refractivity contribution in [2.24, 2.45) is 4.99 Å². The summed E-state index contributed by atoms with van der Waals surface area (Å²) in [6.07, 6.45) is 2.00. The number of halogens is 1. The molecule has 142 valence electrons. The van der Waals surface area contributed by atoms with E-state index < -0.39 is 0 Å². The van der Waals surface area contributed by atoms with Gasteiger partial charge in [-0.05, 0) is 68.1 Å². The van der Waals surface area contributed by atoms with Crippen LogP contribution in [0.3, 0.4) is 0 Å². The number of nitrogens with one attached hydrogen (secondary N) is 1. The minimum atomic E-state index is -0.144. The zero-order valence-electron chi connectivity index (χ0n) is 16.0. The van der Waals surface area contributed by atoms with Gasteiger partial charge in [0.05, 0.1) is 22.0 Å². The first-order chi connectivity index (χ1) is 13.4. The molecule has 1 heterocycles. The summed E-state index contributed by atoms with van der Waals surface area (Å²) < 4.78 is 0. The standard InChI is InChI=1S/C23H21ClN2OS/c1-15(2)12-22(26-21-7-5-4-6-16(21)3)19-13-18(8-9-20(19)24)25-23(27)17-10-11-28-14-17/h4-14H,1-3H3,(H,25,27). The number of para-hydroxylation sites is 1. The molecule has 3 nitrogen and oxygen atoms in total. The van der Waals surface area contributed by atoms with Crippen LogP contribution in [0.2, 0.25) is 5.02 Å². The average Bonchev–Trinajstić information content (AvgIpc) is 3.19. The normalized spacial score (nSPS) is 11.2. The van der Waals surface area contributed by atoms with Crippen molar-refractivity contribution in [1.82, 2.24) is 0 Å². The zero-order valence-corrected chi connectivity index (χ0v) is 17.6. The molecule has 0 fully saturated rings. The molecule has 0 aliphatic carbocycles. The molecule has 1 N–H and O–H groups in total. The highest BCUT2D eigenvalue weighted by molar-refractivity contribution is 7.08. The lowest BCUT2D eigenvalue weighted by Crippen LogP contribution is -2.11. The van der Waals surface area contributed by atoms with Crippen LogP contribution in [0, 0.1) is 6.92 Å². The summed E-state index contributed by atoms with van der Waals surface area (Å²) >= 11 is 7.98. The van der Waals surface area contributed by atoms with E-state index in [1.165, 1.54) is 11.3 Å². The summed E-state index contributed by atoms with van der Waals surface area (Å²) in [6, 6.07) is 15.2. The van der Waals surface area contributed by atoms with Crippen molar-refractivity contribution in [2.75, 3.05) is 5.32 Å². The average molecular weight is 409 g/mol. The number of thiophene rings is 1. The van der Waals surface area contributed by atoms with Gasteiger partial charge in [0.2, 0.25) is 0 Å². The fourth-order valence-corrected chi connectivity index (χ4v) is 3.51. The third-order valence-corrected chi connectivity index (χ3v) is 5.08. The summed E-state index contributed by atoms with van der Waals surface area (Å²) in [5, 5.41) is 7.21. The Labute approximate surface area is 174 Å². The van der Waals surface area contributed by atoms with Crippen molar-refractivity contribution < 1.29 is 4.79 Å². The van der Waals surface area contributed by atoms with E-state index in [2.05, 4.69) is 5.32 Å². The largest absolute Gasteiger partial charge is 0.322 e. The first-order valence-electron chi connectivity index (χ1n) is 8.87. The van der Waals surface area contributed by atoms with E-state index in [9.17, 15) is 4.79 Å². The minimum absolute atomic E-state index is 0.144. The minimum Gasteiger partial charge on any atom is -0.322 e. The number of benzene rings is 2. The molecule has 0 atom stereocenters. The molecule has 0 aliphatic rings. The second-order valence-corrected chi connectivity index (χ2v) is 7.85. The van der Waals surface area contributed by atoms with Gasteiger partial charge in [0.15, 0.2) is 0 Å². The van der Waals surface area contributed by atoms with Crippen LogP contribution in [-0.2, 0) is 0 Å². The van der Waals surface area contributed by atoms with Crippen LogP contribution < -0.4 is 5.32 Å². The van der Waals surface area contributed by atoms with Gasteiger partial charge in [-0.3, -0.25) is 4.79 Å². The lowest BCUT2D eigenvalue weighted by Gasteiger charge is -2.11. The Balaban J connectivity index is 2.02. The molecule has 0 radical (unpaired) electrons. The molecule has 0 unspecified atom stereocenters. The molecule has 0 aliphatic heterocycles. The molecule has 3 rings (SSSR count). The fourth-order valence-electron chi connectivity index (χ4n) is 2.66. The predicted octanol–water partition coefficient (Wildman–Crippen LogP) is 7.05. The van der Waals surface area contributed by atoms with E-state index >= 15 is 0 Å². The van der Waals surface area contributed by atoms with Crippen LogP contribution in [0.15, 0.2) is 75.9 Å². The van der Waals surface area contributed by atoms with Gasteiger partial charge in [-0.2, -0.15) is 11.3 Å². The fraction of sp³-hybridized carbons (Fsp3) is 0.130. The van der Waals surface area contributed by atoms with Crippen LogP contribution in [-0.4, -0.2) is 11.6 Å². The number of hydrogen-bond donors (Lipinski definition) is 1. The van der Waals surface area contributed by atoms with Crippen LogP contribution >= 0.6 is 22.9 Å². The summed E-state index contributed by atoms with van der Waals surface area (Å²) in [7, 11) is 0. The van der Waals surface area contributed by atoms with Crippen LogP contribution in [0.4, 0.5) is 11.4 Å². The van der Waals surface area contributed by atoms with Crippen molar-refractivity contribution in [2.45, 2.75) is 20.8 Å². The third kappa shape index (κ3) is 4.97. The van der Waals surface area contributed by atoms with Crippen LogP contribution in [0.1, 0.15) is 35.3 Å². The van der Waals surface area contributed by atoms with E-state index in [1.54, 1.807) is 18.2 Å². The lowest BCUT2D eigenvalue weighted by atomic mass is 10.1. The van der Waals surface area contributed by atoms with Crippen LogP contribution in [0.5, 0.6) is 0 Å². The van der Waals surface area contributed by atoms with E-state index in [4.69, 9.17) is 16.6 Å². The number of nitrogens with zero attached hydrogens (tertiary/aromatic N) is 1. The smallest absolute Gasteiger partial charge is 0.256 e. The highest BCUT2D eigenvalue weighted by Crippen LogP contribution is 2.26. The third-order valence-electron chi connectivity index (χ3n) is 4.07. The molecule has 28 heavy (non-hydrogen) atoms. The highest BCUT2D eigenvalue weighted by atomic mass is 35.5. The maximum absolute atomic E-state index is 12.4. The molecule has 0 spiro atoms. The molecular formula is C23H21ClN2OS. The maximum Gasteiger partial charge on any atom is 0.256 e. The maximum atomic E-state index is 12.4. The van der Waals surface area contributed by atoms with Crippen molar-refractivity contribution in [3.8, 4) is 0 Å². The van der Waals surface area contributed by atoms with Crippen LogP contribution in [0.25, 0.3) is 0 Å². The molecule has 0 saturated carbocycles. The molecule has 1 amide bonds. The monoisotopic (exact) mass is 408 g/mol. The van der Waals surface area contributed by atoms with E-state index in [0.717, 1.165) is 28.1 Å². The predicted molar refractivity (Wildman–Crippen MR) is 121 cm³/mol. The molecule has 3 aromatic rings. The number of aryl methyl sites for hydroxylation is 1. The van der Waals surface area contributed by atoms with E-state index in [-0.39, 0.29) is 5.91 Å². The second kappa shape index (κ2) is 9.00. The van der Waals surface area contributed by atoms with Crippen molar-refractivity contribution >= 4 is 45.9 Å². The summed E-state index contributed by atoms with van der Waals surface area (Å²) in [5.74, 6) is -0.144. The van der Waals surface area contributed by atoms with Crippen molar-refractivity contribution in [1.29, 1.82) is 0 Å². The number of rotatable bonds is 5. The van der Waals surface area contributed by atoms with Gasteiger partial charge >= 0.3 is 0 Å². The van der Waals surface area contributed by atoms with Gasteiger partial charge in [0.25, 0.3) is 5.91 Å². The van der Waals surface area contributed by atoms with Crippen molar-refractivity contribution in [3.63, 3.8) is 0 Å². The molecule has 1 aromatic heterocycles.